The fourth-order valence-electron chi connectivity index (χ4n) is 3.63. The van der Waals surface area contributed by atoms with Gasteiger partial charge in [-0.25, -0.2) is 9.18 Å². The highest BCUT2D eigenvalue weighted by Crippen LogP contribution is 2.33. The number of hydrogen-bond acceptors (Lipinski definition) is 3. The van der Waals surface area contributed by atoms with E-state index in [1.807, 2.05) is 18.2 Å². The molecule has 3 N–H and O–H groups in total. The van der Waals surface area contributed by atoms with Crippen molar-refractivity contribution in [1.29, 1.82) is 0 Å². The van der Waals surface area contributed by atoms with E-state index in [2.05, 4.69) is 10.3 Å². The van der Waals surface area contributed by atoms with E-state index in [0.717, 1.165) is 10.9 Å². The van der Waals surface area contributed by atoms with E-state index in [9.17, 15) is 19.1 Å². The summed E-state index contributed by atoms with van der Waals surface area (Å²) in [7, 11) is 0. The summed E-state index contributed by atoms with van der Waals surface area (Å²) in [5, 5.41) is 13.0. The number of fused-ring (bicyclic) bond motifs is 2. The van der Waals surface area contributed by atoms with Crippen molar-refractivity contribution in [2.24, 2.45) is 0 Å². The second-order valence-electron chi connectivity index (χ2n) is 6.83. The fraction of sp³-hybridized carbons (Fsp3) is 0.238. The highest BCUT2D eigenvalue weighted by Gasteiger charge is 2.31. The number of aromatic amines is 1. The third-order valence-corrected chi connectivity index (χ3v) is 5.04. The monoisotopic (exact) mass is 382 g/mol. The van der Waals surface area contributed by atoms with E-state index >= 15 is 0 Å². The summed E-state index contributed by atoms with van der Waals surface area (Å²) in [6.07, 6.45) is 2.23. The lowest BCUT2D eigenvalue weighted by atomic mass is 9.92. The fourth-order valence-corrected chi connectivity index (χ4v) is 3.63. The number of amides is 1. The predicted octanol–water partition coefficient (Wildman–Crippen LogP) is 2.99. The number of halogens is 1. The van der Waals surface area contributed by atoms with E-state index in [4.69, 9.17) is 4.74 Å². The number of carbonyl (C=O) groups excluding carboxylic acids is 1. The lowest BCUT2D eigenvalue weighted by Crippen LogP contribution is -2.45. The zero-order valence-electron chi connectivity index (χ0n) is 14.9. The molecule has 0 saturated heterocycles. The smallest absolute Gasteiger partial charge is 0.326 e. The first-order valence-corrected chi connectivity index (χ1v) is 9.03. The molecule has 2 atom stereocenters. The molecule has 1 amide bonds. The molecule has 0 aliphatic carbocycles. The molecule has 144 valence electrons. The van der Waals surface area contributed by atoms with Crippen LogP contribution in [0.5, 0.6) is 5.75 Å². The number of hydrogen-bond donors (Lipinski definition) is 3. The Morgan fingerprint density at radius 3 is 2.93 bits per heavy atom. The van der Waals surface area contributed by atoms with Crippen LogP contribution in [0.15, 0.2) is 48.7 Å². The number of rotatable bonds is 5. The number of ether oxygens (including phenoxy) is 1. The molecule has 7 heteroatoms. The largest absolute Gasteiger partial charge is 0.493 e. The second-order valence-corrected chi connectivity index (χ2v) is 6.83. The van der Waals surface area contributed by atoms with Gasteiger partial charge in [-0.15, -0.1) is 0 Å². The van der Waals surface area contributed by atoms with Gasteiger partial charge in [0.15, 0.2) is 0 Å². The van der Waals surface area contributed by atoms with Crippen LogP contribution >= 0.6 is 0 Å². The number of carboxylic acids is 1. The lowest BCUT2D eigenvalue weighted by molar-refractivity contribution is -0.142. The number of para-hydroxylation sites is 1. The highest BCUT2D eigenvalue weighted by molar-refractivity contribution is 5.90. The van der Waals surface area contributed by atoms with Gasteiger partial charge in [0.25, 0.3) is 0 Å². The van der Waals surface area contributed by atoms with Gasteiger partial charge < -0.3 is 20.1 Å². The second kappa shape index (κ2) is 7.34. The van der Waals surface area contributed by atoms with E-state index in [-0.39, 0.29) is 18.1 Å². The maximum Gasteiger partial charge on any atom is 0.326 e. The van der Waals surface area contributed by atoms with Crippen molar-refractivity contribution in [1.82, 2.24) is 10.3 Å². The maximum absolute atomic E-state index is 13.4. The minimum atomic E-state index is -1.12. The van der Waals surface area contributed by atoms with Gasteiger partial charge in [0.05, 0.1) is 12.5 Å². The first kappa shape index (κ1) is 18.0. The van der Waals surface area contributed by atoms with E-state index in [1.165, 1.54) is 12.1 Å². The molecular formula is C21H19FN2O4. The van der Waals surface area contributed by atoms with Gasteiger partial charge >= 0.3 is 5.97 Å². The number of carboxylic acid groups (broad SMARTS) is 1. The molecule has 0 fully saturated rings. The Bertz CT molecular complexity index is 1050. The summed E-state index contributed by atoms with van der Waals surface area (Å²) < 4.78 is 18.9. The first-order chi connectivity index (χ1) is 13.5. The summed E-state index contributed by atoms with van der Waals surface area (Å²) in [6, 6.07) is 10.5. The normalized spacial score (nSPS) is 16.8. The van der Waals surface area contributed by atoms with Crippen molar-refractivity contribution in [2.45, 2.75) is 24.8 Å². The molecule has 0 unspecified atom stereocenters. The van der Waals surface area contributed by atoms with Crippen LogP contribution in [-0.2, 0) is 16.0 Å². The maximum atomic E-state index is 13.4. The molecule has 1 aliphatic heterocycles. The zero-order chi connectivity index (χ0) is 19.7. The van der Waals surface area contributed by atoms with Crippen molar-refractivity contribution >= 4 is 22.8 Å². The van der Waals surface area contributed by atoms with Crippen LogP contribution < -0.4 is 10.1 Å². The molecule has 4 rings (SSSR count). The van der Waals surface area contributed by atoms with Gasteiger partial charge in [0.2, 0.25) is 5.91 Å². The lowest BCUT2D eigenvalue weighted by Gasteiger charge is -2.26. The van der Waals surface area contributed by atoms with Gasteiger partial charge in [-0.3, -0.25) is 4.79 Å². The molecule has 0 spiro atoms. The van der Waals surface area contributed by atoms with Gasteiger partial charge in [-0.1, -0.05) is 18.2 Å². The molecule has 0 bridgehead atoms. The molecule has 28 heavy (non-hydrogen) atoms. The molecule has 1 aromatic heterocycles. The van der Waals surface area contributed by atoms with E-state index in [1.54, 1.807) is 18.3 Å². The molecule has 2 aromatic carbocycles. The van der Waals surface area contributed by atoms with Crippen molar-refractivity contribution < 1.29 is 23.8 Å². The molecule has 3 aromatic rings. The van der Waals surface area contributed by atoms with Crippen LogP contribution in [0.2, 0.25) is 0 Å². The van der Waals surface area contributed by atoms with E-state index < -0.39 is 17.9 Å². The Morgan fingerprint density at radius 2 is 2.11 bits per heavy atom. The number of benzene rings is 2. The average Bonchev–Trinajstić information content (AvgIpc) is 3.08. The third kappa shape index (κ3) is 3.43. The van der Waals surface area contributed by atoms with Gasteiger partial charge in [0, 0.05) is 29.1 Å². The molecule has 0 radical (unpaired) electrons. The summed E-state index contributed by atoms with van der Waals surface area (Å²) in [5.41, 5.74) is 2.05. The molecule has 2 heterocycles. The molecular weight excluding hydrogens is 363 g/mol. The van der Waals surface area contributed by atoms with Crippen LogP contribution in [0.3, 0.4) is 0 Å². The van der Waals surface area contributed by atoms with Crippen molar-refractivity contribution in [3.05, 3.63) is 65.6 Å². The number of carbonyl (C=O) groups is 2. The first-order valence-electron chi connectivity index (χ1n) is 9.03. The van der Waals surface area contributed by atoms with Crippen LogP contribution in [0.4, 0.5) is 4.39 Å². The van der Waals surface area contributed by atoms with E-state index in [0.29, 0.717) is 29.9 Å². The standard InChI is InChI=1S/C21H19FN2O4/c22-13-5-6-14-12(11-23-17(14)10-13)9-18(21(26)27)24-20(25)16-7-8-28-19-4-2-1-3-15(16)19/h1-6,10-11,16,18,23H,7-9H2,(H,24,25)(H,26,27)/t16-,18+/m1/s1. The number of nitrogens with one attached hydrogen (secondary N) is 2. The topological polar surface area (TPSA) is 91.4 Å². The summed E-state index contributed by atoms with van der Waals surface area (Å²) >= 11 is 0. The zero-order valence-corrected chi connectivity index (χ0v) is 14.9. The van der Waals surface area contributed by atoms with Crippen LogP contribution in [0.25, 0.3) is 10.9 Å². The predicted molar refractivity (Wildman–Crippen MR) is 101 cm³/mol. The average molecular weight is 382 g/mol. The molecule has 6 nitrogen and oxygen atoms in total. The Morgan fingerprint density at radius 1 is 1.29 bits per heavy atom. The Balaban J connectivity index is 1.54. The minimum absolute atomic E-state index is 0.0948. The number of aromatic nitrogens is 1. The Kier molecular flexibility index (Phi) is 4.73. The minimum Gasteiger partial charge on any atom is -0.493 e. The van der Waals surface area contributed by atoms with Crippen LogP contribution in [0.1, 0.15) is 23.5 Å². The van der Waals surface area contributed by atoms with Gasteiger partial charge in [0.1, 0.15) is 17.6 Å². The summed E-state index contributed by atoms with van der Waals surface area (Å²) in [5.74, 6) is -1.63. The summed E-state index contributed by atoms with van der Waals surface area (Å²) in [4.78, 5) is 27.5. The molecule has 0 saturated carbocycles. The highest BCUT2D eigenvalue weighted by atomic mass is 19.1. The van der Waals surface area contributed by atoms with Gasteiger partial charge in [-0.05, 0) is 36.2 Å². The third-order valence-electron chi connectivity index (χ3n) is 5.04. The number of H-pyrrole nitrogens is 1. The van der Waals surface area contributed by atoms with Crippen molar-refractivity contribution in [3.8, 4) is 5.75 Å². The molecule has 1 aliphatic rings. The van der Waals surface area contributed by atoms with Crippen LogP contribution in [0, 0.1) is 5.82 Å². The quantitative estimate of drug-likeness (QED) is 0.633. The Hall–Kier alpha value is -3.35. The Labute approximate surface area is 160 Å². The van der Waals surface area contributed by atoms with Gasteiger partial charge in [-0.2, -0.15) is 0 Å². The van der Waals surface area contributed by atoms with Crippen molar-refractivity contribution in [2.75, 3.05) is 6.61 Å². The van der Waals surface area contributed by atoms with Crippen LogP contribution in [-0.4, -0.2) is 34.6 Å². The van der Waals surface area contributed by atoms with Crippen molar-refractivity contribution in [3.63, 3.8) is 0 Å². The SMILES string of the molecule is O=C(O)[C@H](Cc1c[nH]c2cc(F)ccc12)NC(=O)[C@@H]1CCOc2ccccc21. The number of aliphatic carboxylic acids is 1. The summed E-state index contributed by atoms with van der Waals surface area (Å²) in [6.45, 7) is 0.404.